The molecule has 0 bridgehead atoms. The first-order chi connectivity index (χ1) is 32.9. The largest absolute Gasteiger partial charge is 0.456 e. The standard InChI is InChI=1S/C64H52N2O2/c1-37-18-38(2)23-52(22-37)65(53-24-39(3)19-40(4)25-53)50-16-14-46-32-56-58(34-48(46)30-50)67-60-36-61-64(62(63(56)60)45-12-10-9-11-13-45)57-33-47-15-17-51(31-49(47)35-59(57)68-61)66(54-26-41(5)20-42(6)27-54)55-28-43(7)21-44(8)29-55/h9-36H,1-8H3. The molecule has 0 atom stereocenters. The second-order valence-electron chi connectivity index (χ2n) is 19.4. The van der Waals surface area contributed by atoms with Crippen molar-refractivity contribution in [2.24, 2.45) is 0 Å². The van der Waals surface area contributed by atoms with Crippen molar-refractivity contribution in [2.75, 3.05) is 9.80 Å². The maximum atomic E-state index is 6.92. The Balaban J connectivity index is 1.04. The van der Waals surface area contributed by atoms with E-state index in [0.29, 0.717) is 0 Å². The smallest absolute Gasteiger partial charge is 0.139 e. The molecule has 2 aromatic heterocycles. The van der Waals surface area contributed by atoms with Gasteiger partial charge in [-0.1, -0.05) is 66.7 Å². The first kappa shape index (κ1) is 41.4. The second-order valence-corrected chi connectivity index (χ2v) is 19.4. The van der Waals surface area contributed by atoms with Crippen LogP contribution in [-0.4, -0.2) is 0 Å². The van der Waals surface area contributed by atoms with Gasteiger partial charge in [-0.2, -0.15) is 0 Å². The SMILES string of the molecule is Cc1cc(C)cc(N(c2cc(C)cc(C)c2)c2ccc3cc4c(cc3c2)oc2cc3oc5cc6cc(N(c7cc(C)cc(C)c7)c7cc(C)cc(C)c7)ccc6cc5c3c(-c3ccccc3)c24)c1. The van der Waals surface area contributed by atoms with Crippen molar-refractivity contribution >= 4 is 99.5 Å². The minimum atomic E-state index is 0.803. The van der Waals surface area contributed by atoms with Crippen LogP contribution in [0.3, 0.4) is 0 Å². The lowest BCUT2D eigenvalue weighted by Gasteiger charge is -2.27. The third-order valence-corrected chi connectivity index (χ3v) is 13.5. The summed E-state index contributed by atoms with van der Waals surface area (Å²) in [7, 11) is 0. The number of hydrogen-bond donors (Lipinski definition) is 0. The minimum Gasteiger partial charge on any atom is -0.456 e. The van der Waals surface area contributed by atoms with Crippen LogP contribution in [0.25, 0.3) is 76.5 Å². The monoisotopic (exact) mass is 880 g/mol. The summed E-state index contributed by atoms with van der Waals surface area (Å²) in [6, 6.07) is 62.6. The van der Waals surface area contributed by atoms with Crippen LogP contribution < -0.4 is 9.80 Å². The van der Waals surface area contributed by atoms with Gasteiger partial charge in [0, 0.05) is 67.3 Å². The minimum absolute atomic E-state index is 0.803. The lowest BCUT2D eigenvalue weighted by Crippen LogP contribution is -2.11. The summed E-state index contributed by atoms with van der Waals surface area (Å²) in [6.07, 6.45) is 0. The number of anilines is 6. The zero-order chi connectivity index (χ0) is 46.5. The molecule has 0 spiro atoms. The van der Waals surface area contributed by atoms with Crippen LogP contribution in [0.15, 0.2) is 179 Å². The lowest BCUT2D eigenvalue weighted by molar-refractivity contribution is 0.657. The van der Waals surface area contributed by atoms with Crippen LogP contribution in [0, 0.1) is 55.4 Å². The van der Waals surface area contributed by atoms with Crippen LogP contribution in [0.1, 0.15) is 44.5 Å². The molecule has 330 valence electrons. The molecule has 0 saturated heterocycles. The molecule has 4 heteroatoms. The van der Waals surface area contributed by atoms with Crippen molar-refractivity contribution in [1.29, 1.82) is 0 Å². The Morgan fingerprint density at radius 1 is 0.279 bits per heavy atom. The molecule has 0 unspecified atom stereocenters. The van der Waals surface area contributed by atoms with E-state index >= 15 is 0 Å². The Labute approximate surface area is 397 Å². The number of hydrogen-bond acceptors (Lipinski definition) is 4. The number of benzene rings is 10. The molecule has 0 aliphatic heterocycles. The van der Waals surface area contributed by atoms with Crippen LogP contribution in [-0.2, 0) is 0 Å². The number of furan rings is 2. The zero-order valence-corrected chi connectivity index (χ0v) is 39.9. The van der Waals surface area contributed by atoms with Crippen molar-refractivity contribution in [2.45, 2.75) is 55.4 Å². The van der Waals surface area contributed by atoms with Crippen LogP contribution >= 0.6 is 0 Å². The Bertz CT molecular complexity index is 3600. The molecular formula is C64H52N2O2. The molecule has 0 aliphatic rings. The van der Waals surface area contributed by atoms with E-state index in [4.69, 9.17) is 8.83 Å². The van der Waals surface area contributed by atoms with E-state index in [1.165, 1.54) is 44.5 Å². The molecule has 12 rings (SSSR count). The summed E-state index contributed by atoms with van der Waals surface area (Å²) >= 11 is 0. The van der Waals surface area contributed by atoms with Gasteiger partial charge >= 0.3 is 0 Å². The molecule has 0 N–H and O–H groups in total. The summed E-state index contributed by atoms with van der Waals surface area (Å²) in [6.45, 7) is 17.4. The normalized spacial score (nSPS) is 11.8. The molecule has 10 aromatic carbocycles. The van der Waals surface area contributed by atoms with Crippen molar-refractivity contribution in [1.82, 2.24) is 0 Å². The van der Waals surface area contributed by atoms with Gasteiger partial charge in [0.05, 0.1) is 0 Å². The molecule has 4 nitrogen and oxygen atoms in total. The van der Waals surface area contributed by atoms with E-state index in [0.717, 1.165) is 111 Å². The highest BCUT2D eigenvalue weighted by atomic mass is 16.3. The number of fused-ring (bicyclic) bond motifs is 8. The summed E-state index contributed by atoms with van der Waals surface area (Å²) in [5.41, 5.74) is 22.2. The van der Waals surface area contributed by atoms with Crippen LogP contribution in [0.4, 0.5) is 34.1 Å². The fraction of sp³-hybridized carbons (Fsp3) is 0.125. The molecule has 2 heterocycles. The van der Waals surface area contributed by atoms with Gasteiger partial charge in [0.25, 0.3) is 0 Å². The van der Waals surface area contributed by atoms with Gasteiger partial charge in [-0.15, -0.1) is 0 Å². The molecular weight excluding hydrogens is 829 g/mol. The second kappa shape index (κ2) is 15.8. The molecule has 0 aliphatic carbocycles. The molecule has 0 amide bonds. The van der Waals surface area contributed by atoms with Crippen molar-refractivity contribution in [3.63, 3.8) is 0 Å². The third kappa shape index (κ3) is 7.16. The quantitative estimate of drug-likeness (QED) is 0.160. The van der Waals surface area contributed by atoms with E-state index in [9.17, 15) is 0 Å². The first-order valence-electron chi connectivity index (χ1n) is 23.6. The average Bonchev–Trinajstić information content (AvgIpc) is 3.82. The van der Waals surface area contributed by atoms with E-state index in [2.05, 4.69) is 235 Å². The van der Waals surface area contributed by atoms with Gasteiger partial charge in [0.2, 0.25) is 0 Å². The molecule has 12 aromatic rings. The summed E-state index contributed by atoms with van der Waals surface area (Å²) in [5.74, 6) is 0. The van der Waals surface area contributed by atoms with Gasteiger partial charge in [-0.3, -0.25) is 0 Å². The molecule has 0 fully saturated rings. The predicted molar refractivity (Wildman–Crippen MR) is 289 cm³/mol. The van der Waals surface area contributed by atoms with E-state index in [1.54, 1.807) is 0 Å². The Morgan fingerprint density at radius 2 is 0.632 bits per heavy atom. The summed E-state index contributed by atoms with van der Waals surface area (Å²) < 4.78 is 13.8. The summed E-state index contributed by atoms with van der Waals surface area (Å²) in [5, 5.41) is 8.88. The summed E-state index contributed by atoms with van der Waals surface area (Å²) in [4.78, 5) is 4.76. The van der Waals surface area contributed by atoms with Gasteiger partial charge in [0.1, 0.15) is 22.3 Å². The highest BCUT2D eigenvalue weighted by Crippen LogP contribution is 2.48. The van der Waals surface area contributed by atoms with Gasteiger partial charge in [0.15, 0.2) is 0 Å². The molecule has 0 radical (unpaired) electrons. The van der Waals surface area contributed by atoms with Gasteiger partial charge < -0.3 is 18.6 Å². The first-order valence-corrected chi connectivity index (χ1v) is 23.6. The third-order valence-electron chi connectivity index (χ3n) is 13.5. The fourth-order valence-electron chi connectivity index (χ4n) is 11.0. The maximum Gasteiger partial charge on any atom is 0.139 e. The van der Waals surface area contributed by atoms with Crippen molar-refractivity contribution < 1.29 is 8.83 Å². The Hall–Kier alpha value is -8.08. The Morgan fingerprint density at radius 3 is 0.985 bits per heavy atom. The fourth-order valence-corrected chi connectivity index (χ4v) is 11.0. The highest BCUT2D eigenvalue weighted by molar-refractivity contribution is 6.27. The molecule has 68 heavy (non-hydrogen) atoms. The van der Waals surface area contributed by atoms with E-state index in [1.807, 2.05) is 0 Å². The zero-order valence-electron chi connectivity index (χ0n) is 39.9. The number of rotatable bonds is 7. The lowest BCUT2D eigenvalue weighted by atomic mass is 9.93. The van der Waals surface area contributed by atoms with Gasteiger partial charge in [-0.05, 0) is 224 Å². The van der Waals surface area contributed by atoms with Crippen LogP contribution in [0.2, 0.25) is 0 Å². The van der Waals surface area contributed by atoms with Crippen molar-refractivity contribution in [3.05, 3.63) is 214 Å². The maximum absolute atomic E-state index is 6.92. The number of nitrogens with zero attached hydrogens (tertiary/aromatic N) is 2. The molecule has 0 saturated carbocycles. The average molecular weight is 881 g/mol. The topological polar surface area (TPSA) is 32.8 Å². The van der Waals surface area contributed by atoms with Crippen LogP contribution in [0.5, 0.6) is 0 Å². The van der Waals surface area contributed by atoms with Gasteiger partial charge in [-0.25, -0.2) is 0 Å². The predicted octanol–water partition coefficient (Wildman–Crippen LogP) is 18.9. The van der Waals surface area contributed by atoms with Crippen molar-refractivity contribution in [3.8, 4) is 11.1 Å². The highest BCUT2D eigenvalue weighted by Gasteiger charge is 2.23. The van der Waals surface area contributed by atoms with E-state index in [-0.39, 0.29) is 0 Å². The number of aryl methyl sites for hydroxylation is 8. The Kier molecular flexibility index (Phi) is 9.60. The van der Waals surface area contributed by atoms with E-state index < -0.39 is 0 Å².